The van der Waals surface area contributed by atoms with Crippen LogP contribution in [0.3, 0.4) is 0 Å². The van der Waals surface area contributed by atoms with E-state index in [0.717, 1.165) is 36.6 Å². The van der Waals surface area contributed by atoms with E-state index in [9.17, 15) is 4.79 Å². The topological polar surface area (TPSA) is 71.3 Å². The van der Waals surface area contributed by atoms with Gasteiger partial charge < -0.3 is 14.6 Å². The SMILES string of the molecule is Cc1ncsc1CN(C[C@@H]1CCNC1)C(=O)c1ncoc1C. The second-order valence-electron chi connectivity index (χ2n) is 5.66. The van der Waals surface area contributed by atoms with Gasteiger partial charge in [-0.15, -0.1) is 11.3 Å². The third-order valence-electron chi connectivity index (χ3n) is 4.05. The van der Waals surface area contributed by atoms with E-state index in [2.05, 4.69) is 15.3 Å². The highest BCUT2D eigenvalue weighted by molar-refractivity contribution is 7.09. The molecule has 1 fully saturated rings. The first-order chi connectivity index (χ1) is 10.6. The third-order valence-corrected chi connectivity index (χ3v) is 4.97. The maximum absolute atomic E-state index is 12.8. The second-order valence-corrected chi connectivity index (χ2v) is 6.60. The van der Waals surface area contributed by atoms with Crippen LogP contribution >= 0.6 is 11.3 Å². The van der Waals surface area contributed by atoms with Gasteiger partial charge in [-0.25, -0.2) is 9.97 Å². The van der Waals surface area contributed by atoms with Crippen molar-refractivity contribution in [1.82, 2.24) is 20.2 Å². The Labute approximate surface area is 133 Å². The van der Waals surface area contributed by atoms with Crippen LogP contribution in [0, 0.1) is 19.8 Å². The summed E-state index contributed by atoms with van der Waals surface area (Å²) in [6.07, 6.45) is 2.43. The minimum atomic E-state index is -0.0639. The number of rotatable bonds is 5. The lowest BCUT2D eigenvalue weighted by Gasteiger charge is -2.24. The minimum absolute atomic E-state index is 0.0639. The Morgan fingerprint density at radius 3 is 2.95 bits per heavy atom. The summed E-state index contributed by atoms with van der Waals surface area (Å²) >= 11 is 1.59. The van der Waals surface area contributed by atoms with Crippen LogP contribution < -0.4 is 5.32 Å². The predicted molar refractivity (Wildman–Crippen MR) is 83.8 cm³/mol. The Bertz CT molecular complexity index is 646. The molecule has 0 aromatic carbocycles. The fourth-order valence-electron chi connectivity index (χ4n) is 2.71. The van der Waals surface area contributed by atoms with Gasteiger partial charge in [0.05, 0.1) is 17.7 Å². The van der Waals surface area contributed by atoms with Crippen molar-refractivity contribution in [2.75, 3.05) is 19.6 Å². The molecule has 0 spiro atoms. The summed E-state index contributed by atoms with van der Waals surface area (Å²) in [4.78, 5) is 24.2. The number of thiazole rings is 1. The van der Waals surface area contributed by atoms with E-state index in [1.807, 2.05) is 17.3 Å². The standard InChI is InChI=1S/C15H20N4O2S/c1-10-13(22-9-18-10)7-19(6-12-3-4-16-5-12)15(20)14-11(2)21-8-17-14/h8-9,12,16H,3-7H2,1-2H3/t12-/m1/s1. The quantitative estimate of drug-likeness (QED) is 0.912. The van der Waals surface area contributed by atoms with Gasteiger partial charge in [0.1, 0.15) is 5.76 Å². The van der Waals surface area contributed by atoms with Crippen LogP contribution in [0.4, 0.5) is 0 Å². The molecule has 0 radical (unpaired) electrons. The first kappa shape index (κ1) is 15.2. The average Bonchev–Trinajstić information content (AvgIpc) is 3.22. The Morgan fingerprint density at radius 2 is 2.36 bits per heavy atom. The fourth-order valence-corrected chi connectivity index (χ4v) is 3.50. The molecule has 0 aliphatic carbocycles. The molecule has 0 saturated carbocycles. The summed E-state index contributed by atoms with van der Waals surface area (Å²) < 4.78 is 5.18. The van der Waals surface area contributed by atoms with E-state index in [-0.39, 0.29) is 5.91 Å². The van der Waals surface area contributed by atoms with Crippen molar-refractivity contribution in [1.29, 1.82) is 0 Å². The molecule has 1 aliphatic heterocycles. The van der Waals surface area contributed by atoms with E-state index in [0.29, 0.717) is 23.9 Å². The van der Waals surface area contributed by atoms with Crippen molar-refractivity contribution in [2.45, 2.75) is 26.8 Å². The van der Waals surface area contributed by atoms with Gasteiger partial charge in [0.15, 0.2) is 12.1 Å². The Kier molecular flexibility index (Phi) is 4.54. The van der Waals surface area contributed by atoms with E-state index in [4.69, 9.17) is 4.42 Å². The van der Waals surface area contributed by atoms with Crippen LogP contribution in [0.5, 0.6) is 0 Å². The van der Waals surface area contributed by atoms with Gasteiger partial charge in [0.25, 0.3) is 5.91 Å². The first-order valence-electron chi connectivity index (χ1n) is 7.44. The predicted octanol–water partition coefficient (Wildman–Crippen LogP) is 2.00. The molecular weight excluding hydrogens is 300 g/mol. The third kappa shape index (κ3) is 3.20. The molecular formula is C15H20N4O2S. The van der Waals surface area contributed by atoms with E-state index in [1.165, 1.54) is 6.39 Å². The summed E-state index contributed by atoms with van der Waals surface area (Å²) in [7, 11) is 0. The number of aryl methyl sites for hydroxylation is 2. The molecule has 1 amide bonds. The largest absolute Gasteiger partial charge is 0.448 e. The van der Waals surface area contributed by atoms with Gasteiger partial charge >= 0.3 is 0 Å². The highest BCUT2D eigenvalue weighted by Gasteiger charge is 2.26. The zero-order valence-electron chi connectivity index (χ0n) is 12.8. The van der Waals surface area contributed by atoms with Crippen LogP contribution in [0.2, 0.25) is 0 Å². The summed E-state index contributed by atoms with van der Waals surface area (Å²) in [5, 5.41) is 3.35. The van der Waals surface area contributed by atoms with Crippen molar-refractivity contribution in [3.8, 4) is 0 Å². The number of hydrogen-bond donors (Lipinski definition) is 1. The molecule has 1 saturated heterocycles. The van der Waals surface area contributed by atoms with Crippen LogP contribution in [0.15, 0.2) is 16.3 Å². The summed E-state index contributed by atoms with van der Waals surface area (Å²) in [5.41, 5.74) is 3.23. The van der Waals surface area contributed by atoms with Gasteiger partial charge in [-0.05, 0) is 39.3 Å². The van der Waals surface area contributed by atoms with Crippen molar-refractivity contribution < 1.29 is 9.21 Å². The number of oxazole rings is 1. The molecule has 1 atom stereocenters. The fraction of sp³-hybridized carbons (Fsp3) is 0.533. The highest BCUT2D eigenvalue weighted by Crippen LogP contribution is 2.20. The molecule has 1 N–H and O–H groups in total. The molecule has 6 nitrogen and oxygen atoms in total. The molecule has 2 aromatic heterocycles. The van der Waals surface area contributed by atoms with Gasteiger partial charge in [0.2, 0.25) is 0 Å². The zero-order chi connectivity index (χ0) is 15.5. The molecule has 118 valence electrons. The molecule has 0 unspecified atom stereocenters. The molecule has 1 aliphatic rings. The minimum Gasteiger partial charge on any atom is -0.448 e. The van der Waals surface area contributed by atoms with Crippen molar-refractivity contribution in [3.05, 3.63) is 33.9 Å². The van der Waals surface area contributed by atoms with Gasteiger partial charge in [-0.2, -0.15) is 0 Å². The van der Waals surface area contributed by atoms with Crippen molar-refractivity contribution in [2.24, 2.45) is 5.92 Å². The van der Waals surface area contributed by atoms with Gasteiger partial charge in [-0.3, -0.25) is 4.79 Å². The molecule has 22 heavy (non-hydrogen) atoms. The Hall–Kier alpha value is -1.73. The van der Waals surface area contributed by atoms with E-state index in [1.54, 1.807) is 18.3 Å². The summed E-state index contributed by atoms with van der Waals surface area (Å²) in [6.45, 7) is 7.05. The number of hydrogen-bond acceptors (Lipinski definition) is 6. The zero-order valence-corrected chi connectivity index (χ0v) is 13.7. The summed E-state index contributed by atoms with van der Waals surface area (Å²) in [6, 6.07) is 0. The second kappa shape index (κ2) is 6.58. The Morgan fingerprint density at radius 1 is 1.50 bits per heavy atom. The normalized spacial score (nSPS) is 17.8. The highest BCUT2D eigenvalue weighted by atomic mass is 32.1. The van der Waals surface area contributed by atoms with Crippen LogP contribution in [0.1, 0.15) is 33.2 Å². The maximum Gasteiger partial charge on any atom is 0.276 e. The number of nitrogens with zero attached hydrogens (tertiary/aromatic N) is 3. The molecule has 7 heteroatoms. The van der Waals surface area contributed by atoms with Crippen LogP contribution in [-0.2, 0) is 6.54 Å². The van der Waals surface area contributed by atoms with Gasteiger partial charge in [0, 0.05) is 11.4 Å². The number of amides is 1. The van der Waals surface area contributed by atoms with Crippen LogP contribution in [-0.4, -0.2) is 40.4 Å². The smallest absolute Gasteiger partial charge is 0.276 e. The molecule has 3 heterocycles. The summed E-state index contributed by atoms with van der Waals surface area (Å²) in [5.74, 6) is 0.996. The monoisotopic (exact) mass is 320 g/mol. The molecule has 2 aromatic rings. The first-order valence-corrected chi connectivity index (χ1v) is 8.32. The number of nitrogens with one attached hydrogen (secondary N) is 1. The number of carbonyl (C=O) groups excluding carboxylic acids is 1. The molecule has 0 bridgehead atoms. The van der Waals surface area contributed by atoms with Gasteiger partial charge in [-0.1, -0.05) is 0 Å². The van der Waals surface area contributed by atoms with Crippen molar-refractivity contribution in [3.63, 3.8) is 0 Å². The molecule has 3 rings (SSSR count). The lowest BCUT2D eigenvalue weighted by molar-refractivity contribution is 0.0713. The number of carbonyl (C=O) groups is 1. The average molecular weight is 320 g/mol. The maximum atomic E-state index is 12.8. The van der Waals surface area contributed by atoms with Crippen LogP contribution in [0.25, 0.3) is 0 Å². The lowest BCUT2D eigenvalue weighted by atomic mass is 10.1. The van der Waals surface area contributed by atoms with E-state index >= 15 is 0 Å². The Balaban J connectivity index is 1.80. The van der Waals surface area contributed by atoms with E-state index < -0.39 is 0 Å². The lowest BCUT2D eigenvalue weighted by Crippen LogP contribution is -2.36. The van der Waals surface area contributed by atoms with Crippen molar-refractivity contribution >= 4 is 17.2 Å². The number of aromatic nitrogens is 2.